The number of benzene rings is 2. The Kier molecular flexibility index (Phi) is 3.88. The molecule has 1 N–H and O–H groups in total. The molecule has 0 aliphatic rings. The topological polar surface area (TPSA) is 82.1 Å². The molecule has 0 fully saturated rings. The minimum absolute atomic E-state index is 0.150. The summed E-state index contributed by atoms with van der Waals surface area (Å²) >= 11 is 0. The first-order valence-corrected chi connectivity index (χ1v) is 8.16. The van der Waals surface area contributed by atoms with Gasteiger partial charge in [-0.05, 0) is 43.3 Å². The lowest BCUT2D eigenvalue weighted by Crippen LogP contribution is -2.13. The molecule has 2 aromatic heterocycles. The van der Waals surface area contributed by atoms with Crippen LogP contribution in [0.2, 0.25) is 0 Å². The molecule has 0 radical (unpaired) electrons. The van der Waals surface area contributed by atoms with Crippen LogP contribution in [0.15, 0.2) is 57.7 Å². The maximum absolute atomic E-state index is 14.0. The van der Waals surface area contributed by atoms with Crippen LogP contribution in [0, 0.1) is 12.7 Å². The molecule has 0 unspecified atom stereocenters. The largest absolute Gasteiger partial charge is 0.419 e. The van der Waals surface area contributed by atoms with E-state index in [0.717, 1.165) is 0 Å². The van der Waals surface area contributed by atoms with E-state index in [9.17, 15) is 14.0 Å². The van der Waals surface area contributed by atoms with Gasteiger partial charge < -0.3 is 9.73 Å². The zero-order valence-corrected chi connectivity index (χ0v) is 14.6. The summed E-state index contributed by atoms with van der Waals surface area (Å²) in [6.07, 6.45) is 0. The normalized spacial score (nSPS) is 11.1. The molecule has 4 rings (SSSR count). The lowest BCUT2D eigenvalue weighted by molar-refractivity contribution is 0.102. The number of amides is 1. The van der Waals surface area contributed by atoms with Crippen molar-refractivity contribution in [2.45, 2.75) is 6.92 Å². The number of anilines is 1. The zero-order valence-electron chi connectivity index (χ0n) is 14.6. The Morgan fingerprint density at radius 1 is 1.19 bits per heavy atom. The minimum atomic E-state index is -0.479. The number of hydrogen-bond acceptors (Lipinski definition) is 4. The Bertz CT molecular complexity index is 1240. The summed E-state index contributed by atoms with van der Waals surface area (Å²) in [5.41, 5.74) is 2.52. The predicted octanol–water partition coefficient (Wildman–Crippen LogP) is 3.02. The maximum atomic E-state index is 14.0. The summed E-state index contributed by atoms with van der Waals surface area (Å²) in [7, 11) is 1.58. The Morgan fingerprint density at radius 3 is 2.74 bits per heavy atom. The number of rotatable bonds is 3. The van der Waals surface area contributed by atoms with Crippen LogP contribution >= 0.6 is 0 Å². The van der Waals surface area contributed by atoms with Gasteiger partial charge in [0.25, 0.3) is 5.91 Å². The number of aromatic nitrogens is 3. The Labute approximate surface area is 152 Å². The monoisotopic (exact) mass is 366 g/mol. The molecular weight excluding hydrogens is 351 g/mol. The first-order valence-electron chi connectivity index (χ1n) is 8.16. The Balaban J connectivity index is 1.64. The summed E-state index contributed by atoms with van der Waals surface area (Å²) in [6, 6.07) is 12.7. The third-order valence-corrected chi connectivity index (χ3v) is 4.25. The van der Waals surface area contributed by atoms with Gasteiger partial charge in [-0.3, -0.25) is 9.36 Å². The number of carbonyl (C=O) groups is 1. The SMILES string of the molecule is Cc1cc(C(=O)Nc2ccc3oc(=O)n(C)c3c2)nn1-c1ccccc1F. The van der Waals surface area contributed by atoms with E-state index in [1.54, 1.807) is 56.4 Å². The third kappa shape index (κ3) is 2.91. The molecule has 0 saturated heterocycles. The van der Waals surface area contributed by atoms with Gasteiger partial charge in [0.1, 0.15) is 11.5 Å². The van der Waals surface area contributed by atoms with E-state index < -0.39 is 17.5 Å². The van der Waals surface area contributed by atoms with Crippen molar-refractivity contribution in [3.8, 4) is 5.69 Å². The molecule has 0 atom stereocenters. The summed E-state index contributed by atoms with van der Waals surface area (Å²) in [5.74, 6) is -1.35. The smallest absolute Gasteiger partial charge is 0.408 e. The number of para-hydroxylation sites is 1. The highest BCUT2D eigenvalue weighted by Crippen LogP contribution is 2.20. The predicted molar refractivity (Wildman–Crippen MR) is 97.7 cm³/mol. The van der Waals surface area contributed by atoms with Gasteiger partial charge in [-0.1, -0.05) is 12.1 Å². The molecule has 136 valence electrons. The van der Waals surface area contributed by atoms with Crippen LogP contribution in [0.3, 0.4) is 0 Å². The van der Waals surface area contributed by atoms with Crippen molar-refractivity contribution >= 4 is 22.7 Å². The van der Waals surface area contributed by atoms with E-state index in [-0.39, 0.29) is 11.4 Å². The van der Waals surface area contributed by atoms with Gasteiger partial charge in [0.15, 0.2) is 11.3 Å². The third-order valence-electron chi connectivity index (χ3n) is 4.25. The molecule has 7 nitrogen and oxygen atoms in total. The second-order valence-corrected chi connectivity index (χ2v) is 6.10. The number of oxazole rings is 1. The molecule has 2 aromatic carbocycles. The van der Waals surface area contributed by atoms with E-state index in [1.165, 1.54) is 15.3 Å². The highest BCUT2D eigenvalue weighted by molar-refractivity contribution is 6.03. The van der Waals surface area contributed by atoms with E-state index in [2.05, 4.69) is 10.4 Å². The number of nitrogens with zero attached hydrogens (tertiary/aromatic N) is 3. The van der Waals surface area contributed by atoms with Crippen molar-refractivity contribution < 1.29 is 13.6 Å². The second-order valence-electron chi connectivity index (χ2n) is 6.10. The van der Waals surface area contributed by atoms with Gasteiger partial charge in [-0.15, -0.1) is 0 Å². The van der Waals surface area contributed by atoms with E-state index >= 15 is 0 Å². The average Bonchev–Trinajstić information content (AvgIpc) is 3.16. The number of hydrogen-bond donors (Lipinski definition) is 1. The Hall–Kier alpha value is -3.68. The summed E-state index contributed by atoms with van der Waals surface area (Å²) < 4.78 is 21.8. The van der Waals surface area contributed by atoms with Gasteiger partial charge >= 0.3 is 5.76 Å². The van der Waals surface area contributed by atoms with Crippen LogP contribution in [0.4, 0.5) is 10.1 Å². The fourth-order valence-electron chi connectivity index (χ4n) is 2.85. The summed E-state index contributed by atoms with van der Waals surface area (Å²) in [4.78, 5) is 24.1. The lowest BCUT2D eigenvalue weighted by Gasteiger charge is -2.05. The zero-order chi connectivity index (χ0) is 19.1. The molecule has 1 amide bonds. The molecule has 0 spiro atoms. The molecular formula is C19H15FN4O3. The van der Waals surface area contributed by atoms with Crippen molar-refractivity contribution in [1.82, 2.24) is 14.3 Å². The van der Waals surface area contributed by atoms with Gasteiger partial charge in [0, 0.05) is 18.4 Å². The molecule has 0 aliphatic carbocycles. The fraction of sp³-hybridized carbons (Fsp3) is 0.105. The standard InChI is InChI=1S/C19H15FN4O3/c1-11-9-14(22-24(11)15-6-4-3-5-13(15)20)18(25)21-12-7-8-17-16(10-12)23(2)19(26)27-17/h3-10H,1-2H3,(H,21,25). The molecule has 0 aliphatic heterocycles. The average molecular weight is 366 g/mol. The van der Waals surface area contributed by atoms with Crippen LogP contribution in [0.1, 0.15) is 16.2 Å². The fourth-order valence-corrected chi connectivity index (χ4v) is 2.85. The van der Waals surface area contributed by atoms with Crippen LogP contribution in [-0.2, 0) is 7.05 Å². The van der Waals surface area contributed by atoms with E-state index in [0.29, 0.717) is 22.5 Å². The summed E-state index contributed by atoms with van der Waals surface area (Å²) in [6.45, 7) is 1.74. The number of halogens is 1. The van der Waals surface area contributed by atoms with Crippen LogP contribution in [0.25, 0.3) is 16.8 Å². The molecule has 4 aromatic rings. The molecule has 0 bridgehead atoms. The number of aryl methyl sites for hydroxylation is 2. The van der Waals surface area contributed by atoms with Crippen LogP contribution < -0.4 is 11.1 Å². The van der Waals surface area contributed by atoms with Crippen molar-refractivity contribution in [3.05, 3.63) is 76.3 Å². The van der Waals surface area contributed by atoms with Crippen molar-refractivity contribution in [2.75, 3.05) is 5.32 Å². The highest BCUT2D eigenvalue weighted by Gasteiger charge is 2.16. The van der Waals surface area contributed by atoms with Crippen LogP contribution in [0.5, 0.6) is 0 Å². The first-order chi connectivity index (χ1) is 12.9. The number of nitrogens with one attached hydrogen (secondary N) is 1. The molecule has 0 saturated carbocycles. The quantitative estimate of drug-likeness (QED) is 0.604. The number of carbonyl (C=O) groups excluding carboxylic acids is 1. The highest BCUT2D eigenvalue weighted by atomic mass is 19.1. The van der Waals surface area contributed by atoms with Crippen LogP contribution in [-0.4, -0.2) is 20.3 Å². The van der Waals surface area contributed by atoms with Crippen molar-refractivity contribution in [1.29, 1.82) is 0 Å². The minimum Gasteiger partial charge on any atom is -0.408 e. The van der Waals surface area contributed by atoms with Gasteiger partial charge in [-0.2, -0.15) is 5.10 Å². The first kappa shape index (κ1) is 16.8. The van der Waals surface area contributed by atoms with Crippen molar-refractivity contribution in [2.24, 2.45) is 7.05 Å². The molecule has 8 heteroatoms. The molecule has 27 heavy (non-hydrogen) atoms. The van der Waals surface area contributed by atoms with Gasteiger partial charge in [0.2, 0.25) is 0 Å². The Morgan fingerprint density at radius 2 is 1.96 bits per heavy atom. The number of fused-ring (bicyclic) bond motifs is 1. The van der Waals surface area contributed by atoms with E-state index in [4.69, 9.17) is 4.42 Å². The van der Waals surface area contributed by atoms with Gasteiger partial charge in [0.05, 0.1) is 5.52 Å². The molecule has 2 heterocycles. The van der Waals surface area contributed by atoms with E-state index in [1.807, 2.05) is 0 Å². The second kappa shape index (κ2) is 6.24. The lowest BCUT2D eigenvalue weighted by atomic mass is 10.2. The van der Waals surface area contributed by atoms with Gasteiger partial charge in [-0.25, -0.2) is 13.9 Å². The van der Waals surface area contributed by atoms with Crippen molar-refractivity contribution in [3.63, 3.8) is 0 Å². The maximum Gasteiger partial charge on any atom is 0.419 e. The summed E-state index contributed by atoms with van der Waals surface area (Å²) in [5, 5.41) is 6.94.